The highest BCUT2D eigenvalue weighted by Crippen LogP contribution is 2.32. The van der Waals surface area contributed by atoms with E-state index in [1.54, 1.807) is 30.5 Å². The zero-order valence-electron chi connectivity index (χ0n) is 16.7. The second kappa shape index (κ2) is 7.92. The number of hydrogen-bond acceptors (Lipinski definition) is 5. The normalized spacial score (nSPS) is 16.0. The molecule has 1 aliphatic rings. The van der Waals surface area contributed by atoms with Crippen molar-refractivity contribution in [1.29, 1.82) is 0 Å². The number of amides is 1. The minimum atomic E-state index is 0.000746. The number of carbonyl (C=O) groups excluding carboxylic acids is 1. The number of rotatable bonds is 4. The van der Waals surface area contributed by atoms with E-state index in [0.717, 1.165) is 22.9 Å². The van der Waals surface area contributed by atoms with Crippen LogP contribution in [0.2, 0.25) is 5.02 Å². The molecule has 1 unspecified atom stereocenters. The van der Waals surface area contributed by atoms with Gasteiger partial charge in [0.05, 0.1) is 16.9 Å². The molecular formula is C23H21ClN6O. The van der Waals surface area contributed by atoms with Gasteiger partial charge < -0.3 is 20.9 Å². The van der Waals surface area contributed by atoms with Crippen LogP contribution in [0.1, 0.15) is 16.8 Å². The second-order valence-electron chi connectivity index (χ2n) is 7.64. The number of nitrogens with zero attached hydrogens (tertiary/aromatic N) is 3. The summed E-state index contributed by atoms with van der Waals surface area (Å²) in [5, 5.41) is 4.90. The van der Waals surface area contributed by atoms with Crippen LogP contribution < -0.4 is 11.1 Å². The quantitative estimate of drug-likeness (QED) is 0.420. The maximum absolute atomic E-state index is 12.7. The highest BCUT2D eigenvalue weighted by Gasteiger charge is 2.27. The van der Waals surface area contributed by atoms with Crippen molar-refractivity contribution in [1.82, 2.24) is 19.9 Å². The molecule has 0 aliphatic carbocycles. The summed E-state index contributed by atoms with van der Waals surface area (Å²) in [6.07, 6.45) is 4.33. The Morgan fingerprint density at radius 3 is 2.84 bits per heavy atom. The van der Waals surface area contributed by atoms with Crippen molar-refractivity contribution in [3.63, 3.8) is 0 Å². The number of halogens is 1. The van der Waals surface area contributed by atoms with Crippen molar-refractivity contribution in [2.24, 2.45) is 0 Å². The monoisotopic (exact) mass is 432 g/mol. The summed E-state index contributed by atoms with van der Waals surface area (Å²) in [7, 11) is 0. The van der Waals surface area contributed by atoms with Gasteiger partial charge >= 0.3 is 0 Å². The topological polar surface area (TPSA) is 99.9 Å². The Bertz CT molecular complexity index is 1250. The summed E-state index contributed by atoms with van der Waals surface area (Å²) < 4.78 is 0. The predicted octanol–water partition coefficient (Wildman–Crippen LogP) is 4.19. The zero-order valence-corrected chi connectivity index (χ0v) is 17.4. The van der Waals surface area contributed by atoms with Crippen molar-refractivity contribution in [3.05, 3.63) is 71.5 Å². The van der Waals surface area contributed by atoms with Gasteiger partial charge in [-0.15, -0.1) is 0 Å². The van der Waals surface area contributed by atoms with Gasteiger partial charge in [-0.3, -0.25) is 4.79 Å². The largest absolute Gasteiger partial charge is 0.399 e. The van der Waals surface area contributed by atoms with Gasteiger partial charge in [0.2, 0.25) is 5.95 Å². The Balaban J connectivity index is 1.33. The van der Waals surface area contributed by atoms with Crippen molar-refractivity contribution in [2.75, 3.05) is 24.1 Å². The average Bonchev–Trinajstić information content (AvgIpc) is 3.42. The highest BCUT2D eigenvalue weighted by molar-refractivity contribution is 6.33. The van der Waals surface area contributed by atoms with Gasteiger partial charge in [-0.2, -0.15) is 0 Å². The minimum Gasteiger partial charge on any atom is -0.399 e. The van der Waals surface area contributed by atoms with E-state index in [2.05, 4.69) is 20.3 Å². The molecule has 31 heavy (non-hydrogen) atoms. The van der Waals surface area contributed by atoms with Gasteiger partial charge in [-0.25, -0.2) is 9.97 Å². The number of nitrogen functional groups attached to an aromatic ring is 1. The lowest BCUT2D eigenvalue weighted by Gasteiger charge is -2.17. The lowest BCUT2D eigenvalue weighted by atomic mass is 10.1. The van der Waals surface area contributed by atoms with E-state index < -0.39 is 0 Å². The number of fused-ring (bicyclic) bond motifs is 1. The van der Waals surface area contributed by atoms with E-state index in [0.29, 0.717) is 41.0 Å². The van der Waals surface area contributed by atoms with Crippen LogP contribution in [0.15, 0.2) is 60.9 Å². The molecule has 5 rings (SSSR count). The molecule has 4 aromatic rings. The number of H-pyrrole nitrogens is 1. The predicted molar refractivity (Wildman–Crippen MR) is 123 cm³/mol. The van der Waals surface area contributed by atoms with E-state index in [1.807, 2.05) is 35.4 Å². The molecule has 3 heterocycles. The van der Waals surface area contributed by atoms with Crippen LogP contribution in [-0.4, -0.2) is 44.9 Å². The molecule has 8 heteroatoms. The number of aromatic nitrogens is 3. The molecule has 1 saturated heterocycles. The van der Waals surface area contributed by atoms with Gasteiger partial charge in [0.25, 0.3) is 5.91 Å². The van der Waals surface area contributed by atoms with E-state index in [4.69, 9.17) is 17.3 Å². The Kier molecular flexibility index (Phi) is 4.95. The highest BCUT2D eigenvalue weighted by atomic mass is 35.5. The number of carbonyl (C=O) groups is 1. The van der Waals surface area contributed by atoms with Crippen LogP contribution in [0.25, 0.3) is 22.2 Å². The maximum atomic E-state index is 12.7. The molecule has 7 nitrogen and oxygen atoms in total. The van der Waals surface area contributed by atoms with Crippen LogP contribution in [0, 0.1) is 0 Å². The summed E-state index contributed by atoms with van der Waals surface area (Å²) in [5.41, 5.74) is 9.62. The fourth-order valence-electron chi connectivity index (χ4n) is 3.95. The third-order valence-corrected chi connectivity index (χ3v) is 5.83. The Morgan fingerprint density at radius 1 is 1.19 bits per heavy atom. The van der Waals surface area contributed by atoms with Crippen LogP contribution in [0.3, 0.4) is 0 Å². The molecule has 156 valence electrons. The number of hydrogen-bond donors (Lipinski definition) is 3. The summed E-state index contributed by atoms with van der Waals surface area (Å²) in [6.45, 7) is 1.25. The van der Waals surface area contributed by atoms with E-state index in [-0.39, 0.29) is 11.9 Å². The Hall–Kier alpha value is -3.58. The van der Waals surface area contributed by atoms with Crippen LogP contribution in [-0.2, 0) is 0 Å². The fourth-order valence-corrected chi connectivity index (χ4v) is 4.14. The number of anilines is 2. The zero-order chi connectivity index (χ0) is 21.4. The van der Waals surface area contributed by atoms with Gasteiger partial charge in [0.1, 0.15) is 0 Å². The van der Waals surface area contributed by atoms with Crippen molar-refractivity contribution in [3.8, 4) is 11.3 Å². The molecule has 0 bridgehead atoms. The third-order valence-electron chi connectivity index (χ3n) is 5.55. The van der Waals surface area contributed by atoms with E-state index in [1.165, 1.54) is 0 Å². The van der Waals surface area contributed by atoms with Gasteiger partial charge in [-0.05, 0) is 36.8 Å². The molecule has 1 atom stereocenters. The molecule has 1 amide bonds. The van der Waals surface area contributed by atoms with Gasteiger partial charge in [-0.1, -0.05) is 29.8 Å². The first kappa shape index (κ1) is 19.4. The summed E-state index contributed by atoms with van der Waals surface area (Å²) in [5.74, 6) is 0.497. The fraction of sp³-hybridized carbons (Fsp3) is 0.174. The Labute approximate surface area is 184 Å². The summed E-state index contributed by atoms with van der Waals surface area (Å²) in [4.78, 5) is 26.8. The molecule has 1 aliphatic heterocycles. The van der Waals surface area contributed by atoms with E-state index in [9.17, 15) is 4.79 Å². The van der Waals surface area contributed by atoms with Crippen LogP contribution in [0.4, 0.5) is 11.6 Å². The standard InChI is InChI=1S/C23H21ClN6O/c24-19-12-27-23(29-21(19)18-11-26-20-4-2-1-3-17(18)20)28-16-9-10-30(13-16)22(31)14-5-7-15(25)8-6-14/h1-8,11-12,16,26H,9-10,13,25H2,(H,27,28,29). The first-order valence-electron chi connectivity index (χ1n) is 10.1. The maximum Gasteiger partial charge on any atom is 0.253 e. The van der Waals surface area contributed by atoms with Crippen molar-refractivity contribution >= 4 is 40.0 Å². The SMILES string of the molecule is Nc1ccc(C(=O)N2CCC(Nc3ncc(Cl)c(-c4c[nH]c5ccccc45)n3)C2)cc1. The third kappa shape index (κ3) is 3.80. The molecule has 2 aromatic heterocycles. The number of likely N-dealkylation sites (tertiary alicyclic amines) is 1. The molecular weight excluding hydrogens is 412 g/mol. The average molecular weight is 433 g/mol. The molecule has 4 N–H and O–H groups in total. The molecule has 0 saturated carbocycles. The first-order chi connectivity index (χ1) is 15.1. The van der Waals surface area contributed by atoms with Crippen LogP contribution >= 0.6 is 11.6 Å². The van der Waals surface area contributed by atoms with Gasteiger partial charge in [0.15, 0.2) is 0 Å². The second-order valence-corrected chi connectivity index (χ2v) is 8.05. The number of para-hydroxylation sites is 1. The number of nitrogens with two attached hydrogens (primary N) is 1. The lowest BCUT2D eigenvalue weighted by molar-refractivity contribution is 0.0791. The molecule has 0 spiro atoms. The number of nitrogens with one attached hydrogen (secondary N) is 2. The molecule has 1 fully saturated rings. The number of benzene rings is 2. The molecule has 0 radical (unpaired) electrons. The van der Waals surface area contributed by atoms with Crippen molar-refractivity contribution < 1.29 is 4.79 Å². The number of aromatic amines is 1. The smallest absolute Gasteiger partial charge is 0.253 e. The van der Waals surface area contributed by atoms with Crippen molar-refractivity contribution in [2.45, 2.75) is 12.5 Å². The Morgan fingerprint density at radius 2 is 2.00 bits per heavy atom. The van der Waals surface area contributed by atoms with Crippen LogP contribution in [0.5, 0.6) is 0 Å². The van der Waals surface area contributed by atoms with E-state index >= 15 is 0 Å². The lowest BCUT2D eigenvalue weighted by Crippen LogP contribution is -2.31. The van der Waals surface area contributed by atoms with Gasteiger partial charge in [0, 0.05) is 53.0 Å². The minimum absolute atomic E-state index is 0.000746. The first-order valence-corrected chi connectivity index (χ1v) is 10.5. The molecule has 2 aromatic carbocycles. The summed E-state index contributed by atoms with van der Waals surface area (Å²) >= 11 is 6.42. The summed E-state index contributed by atoms with van der Waals surface area (Å²) in [6, 6.07) is 15.1.